The molecule has 0 N–H and O–H groups in total. The van der Waals surface area contributed by atoms with Gasteiger partial charge < -0.3 is 14.2 Å². The fraction of sp³-hybridized carbons (Fsp3) is 0.400. The lowest BCUT2D eigenvalue weighted by atomic mass is 9.83. The summed E-state index contributed by atoms with van der Waals surface area (Å²) in [4.78, 5) is 57.0. The van der Waals surface area contributed by atoms with E-state index >= 15 is 0 Å². The number of aryl methyl sites for hydroxylation is 1. The fourth-order valence-electron chi connectivity index (χ4n) is 4.70. The van der Waals surface area contributed by atoms with Crippen molar-refractivity contribution in [1.29, 1.82) is 0 Å². The van der Waals surface area contributed by atoms with Crippen LogP contribution in [-0.4, -0.2) is 46.7 Å². The molecule has 2 aliphatic heterocycles. The van der Waals surface area contributed by atoms with Gasteiger partial charge in [0.25, 0.3) is 5.91 Å². The van der Waals surface area contributed by atoms with Gasteiger partial charge in [-0.1, -0.05) is 54.1 Å². The molecule has 1 unspecified atom stereocenters. The molecular formula is C30H34N2O7. The van der Waals surface area contributed by atoms with Crippen LogP contribution in [0.2, 0.25) is 0 Å². The second-order valence-electron chi connectivity index (χ2n) is 11.6. The van der Waals surface area contributed by atoms with Gasteiger partial charge in [-0.25, -0.2) is 19.3 Å². The van der Waals surface area contributed by atoms with Crippen molar-refractivity contribution in [3.8, 4) is 0 Å². The molecular weight excluding hydrogens is 500 g/mol. The van der Waals surface area contributed by atoms with Crippen LogP contribution in [0.4, 0.5) is 15.3 Å². The standard InChI is InChI=1S/C30H34N2O7/c1-19-13-14-23-22(17-19)30(25(34)32(23)27(36)39-29(5,6)7)21(15-16-31(30)26(35)38-28(2,3)4)24(33)37-18-20-11-9-8-10-12-20/h8-15,17H,16,18H2,1-7H3. The van der Waals surface area contributed by atoms with E-state index in [0.717, 1.165) is 16.0 Å². The van der Waals surface area contributed by atoms with Gasteiger partial charge >= 0.3 is 18.2 Å². The van der Waals surface area contributed by atoms with Crippen molar-refractivity contribution in [2.24, 2.45) is 0 Å². The van der Waals surface area contributed by atoms with Crippen LogP contribution in [0.15, 0.2) is 60.2 Å². The molecule has 0 bridgehead atoms. The summed E-state index contributed by atoms with van der Waals surface area (Å²) in [6, 6.07) is 14.2. The Labute approximate surface area is 228 Å². The van der Waals surface area contributed by atoms with E-state index in [9.17, 15) is 19.2 Å². The third kappa shape index (κ3) is 5.26. The molecule has 206 valence electrons. The van der Waals surface area contributed by atoms with Crippen molar-refractivity contribution < 1.29 is 33.4 Å². The second kappa shape index (κ2) is 9.87. The lowest BCUT2D eigenvalue weighted by Gasteiger charge is -2.36. The topological polar surface area (TPSA) is 102 Å². The van der Waals surface area contributed by atoms with Crippen molar-refractivity contribution in [3.63, 3.8) is 0 Å². The first kappa shape index (κ1) is 27.9. The van der Waals surface area contributed by atoms with Gasteiger partial charge in [0.1, 0.15) is 17.8 Å². The second-order valence-corrected chi connectivity index (χ2v) is 11.6. The van der Waals surface area contributed by atoms with E-state index in [-0.39, 0.29) is 24.4 Å². The Balaban J connectivity index is 1.85. The highest BCUT2D eigenvalue weighted by Gasteiger charge is 2.65. The number of fused-ring (bicyclic) bond motifs is 2. The van der Waals surface area contributed by atoms with Crippen molar-refractivity contribution in [2.75, 3.05) is 11.4 Å². The zero-order valence-corrected chi connectivity index (χ0v) is 23.4. The number of hydrogen-bond donors (Lipinski definition) is 0. The third-order valence-corrected chi connectivity index (χ3v) is 6.19. The molecule has 0 aliphatic carbocycles. The van der Waals surface area contributed by atoms with Gasteiger partial charge in [0.2, 0.25) is 0 Å². The lowest BCUT2D eigenvalue weighted by Crippen LogP contribution is -2.57. The molecule has 3 amide bonds. The average Bonchev–Trinajstić information content (AvgIpc) is 3.34. The smallest absolute Gasteiger partial charge is 0.421 e. The molecule has 0 fully saturated rings. The number of rotatable bonds is 3. The summed E-state index contributed by atoms with van der Waals surface area (Å²) in [5, 5.41) is 0. The highest BCUT2D eigenvalue weighted by atomic mass is 16.6. The van der Waals surface area contributed by atoms with Gasteiger partial charge in [-0.2, -0.15) is 0 Å². The van der Waals surface area contributed by atoms with Crippen LogP contribution in [-0.2, 0) is 35.9 Å². The molecule has 9 nitrogen and oxygen atoms in total. The summed E-state index contributed by atoms with van der Waals surface area (Å²) in [7, 11) is 0. The van der Waals surface area contributed by atoms with Gasteiger partial charge in [-0.05, 0) is 60.1 Å². The Hall–Kier alpha value is -4.14. The summed E-state index contributed by atoms with van der Waals surface area (Å²) >= 11 is 0. The number of benzene rings is 2. The first-order valence-corrected chi connectivity index (χ1v) is 12.8. The summed E-state index contributed by atoms with van der Waals surface area (Å²) < 4.78 is 16.8. The van der Waals surface area contributed by atoms with E-state index in [1.165, 1.54) is 11.0 Å². The normalized spacial score (nSPS) is 18.6. The molecule has 9 heteroatoms. The Bertz CT molecular complexity index is 1350. The van der Waals surface area contributed by atoms with Crippen LogP contribution >= 0.6 is 0 Å². The maximum Gasteiger partial charge on any atom is 0.421 e. The number of anilines is 1. The minimum absolute atomic E-state index is 0.0375. The molecule has 4 rings (SSSR count). The zero-order valence-electron chi connectivity index (χ0n) is 23.4. The quantitative estimate of drug-likeness (QED) is 0.384. The Morgan fingerprint density at radius 2 is 1.51 bits per heavy atom. The van der Waals surface area contributed by atoms with Crippen LogP contribution in [0, 0.1) is 6.92 Å². The molecule has 1 spiro atoms. The number of carbonyl (C=O) groups excluding carboxylic acids is 4. The van der Waals surface area contributed by atoms with Gasteiger partial charge in [0, 0.05) is 12.1 Å². The summed E-state index contributed by atoms with van der Waals surface area (Å²) in [6.07, 6.45) is -0.237. The predicted octanol–water partition coefficient (Wildman–Crippen LogP) is 5.39. The molecule has 0 saturated carbocycles. The number of imide groups is 1. The molecule has 2 aliphatic rings. The van der Waals surface area contributed by atoms with Crippen molar-refractivity contribution in [3.05, 3.63) is 76.9 Å². The first-order valence-electron chi connectivity index (χ1n) is 12.8. The van der Waals surface area contributed by atoms with Gasteiger partial charge in [0.15, 0.2) is 5.54 Å². The average molecular weight is 535 g/mol. The number of carbonyl (C=O) groups is 4. The van der Waals surface area contributed by atoms with Crippen LogP contribution in [0.3, 0.4) is 0 Å². The predicted molar refractivity (Wildman–Crippen MR) is 144 cm³/mol. The maximum atomic E-state index is 14.4. The highest BCUT2D eigenvalue weighted by molar-refractivity contribution is 6.25. The van der Waals surface area contributed by atoms with Gasteiger partial charge in [0.05, 0.1) is 11.3 Å². The molecule has 0 aromatic heterocycles. The molecule has 0 radical (unpaired) electrons. The van der Waals surface area contributed by atoms with E-state index in [1.54, 1.807) is 59.7 Å². The van der Waals surface area contributed by atoms with Crippen LogP contribution in [0.25, 0.3) is 0 Å². The maximum absolute atomic E-state index is 14.4. The third-order valence-electron chi connectivity index (χ3n) is 6.19. The monoisotopic (exact) mass is 534 g/mol. The molecule has 39 heavy (non-hydrogen) atoms. The van der Waals surface area contributed by atoms with E-state index in [0.29, 0.717) is 5.56 Å². The van der Waals surface area contributed by atoms with Crippen molar-refractivity contribution >= 4 is 29.8 Å². The van der Waals surface area contributed by atoms with E-state index < -0.39 is 40.8 Å². The summed E-state index contributed by atoms with van der Waals surface area (Å²) in [5.74, 6) is -1.60. The van der Waals surface area contributed by atoms with Crippen LogP contribution in [0.5, 0.6) is 0 Å². The minimum atomic E-state index is -1.98. The first-order chi connectivity index (χ1) is 18.1. The van der Waals surface area contributed by atoms with Crippen LogP contribution in [0.1, 0.15) is 58.2 Å². The SMILES string of the molecule is Cc1ccc2c(c1)C1(C(=O)N2C(=O)OC(C)(C)C)C(C(=O)OCc2ccccc2)=CCN1C(=O)OC(C)(C)C. The fourth-order valence-corrected chi connectivity index (χ4v) is 4.70. The summed E-state index contributed by atoms with van der Waals surface area (Å²) in [6.45, 7) is 11.9. The number of hydrogen-bond acceptors (Lipinski definition) is 7. The highest BCUT2D eigenvalue weighted by Crippen LogP contribution is 2.52. The van der Waals surface area contributed by atoms with E-state index in [4.69, 9.17) is 14.2 Å². The Morgan fingerprint density at radius 1 is 0.897 bits per heavy atom. The molecule has 2 aromatic carbocycles. The van der Waals surface area contributed by atoms with Gasteiger partial charge in [-0.15, -0.1) is 0 Å². The lowest BCUT2D eigenvalue weighted by molar-refractivity contribution is -0.143. The number of nitrogens with zero attached hydrogens (tertiary/aromatic N) is 2. The zero-order chi connectivity index (χ0) is 28.8. The summed E-state index contributed by atoms with van der Waals surface area (Å²) in [5.41, 5.74) is -1.78. The van der Waals surface area contributed by atoms with Gasteiger partial charge in [-0.3, -0.25) is 9.69 Å². The number of ether oxygens (including phenoxy) is 3. The minimum Gasteiger partial charge on any atom is -0.457 e. The molecule has 2 aromatic rings. The number of amides is 3. The Kier molecular flexibility index (Phi) is 7.06. The van der Waals surface area contributed by atoms with Crippen molar-refractivity contribution in [1.82, 2.24) is 4.90 Å². The number of esters is 1. The largest absolute Gasteiger partial charge is 0.457 e. The van der Waals surface area contributed by atoms with Crippen molar-refractivity contribution in [2.45, 2.75) is 71.8 Å². The molecule has 1 atom stereocenters. The Morgan fingerprint density at radius 3 is 2.13 bits per heavy atom. The molecule has 2 heterocycles. The van der Waals surface area contributed by atoms with E-state index in [2.05, 4.69) is 0 Å². The molecule has 0 saturated heterocycles. The van der Waals surface area contributed by atoms with E-state index in [1.807, 2.05) is 37.3 Å². The van der Waals surface area contributed by atoms with Crippen LogP contribution < -0.4 is 4.90 Å².